The Labute approximate surface area is 351 Å². The molecule has 1 aliphatic rings. The SMILES string of the molecule is CC1(C)c2ccccc2-c2ccc(N(c3ccccc3)c3cc(N(c4ccccc4)c4ccccc4)cc4c3c3ccccc3n4-c3ccc(-c4ccccc4)cc3)cc21. The van der Waals surface area contributed by atoms with Crippen molar-refractivity contribution in [3.63, 3.8) is 0 Å². The fourth-order valence-electron chi connectivity index (χ4n) is 9.51. The van der Waals surface area contributed by atoms with E-state index in [1.54, 1.807) is 0 Å². The Balaban J connectivity index is 1.23. The van der Waals surface area contributed by atoms with Gasteiger partial charge in [0, 0.05) is 44.6 Å². The van der Waals surface area contributed by atoms with Crippen LogP contribution in [0.2, 0.25) is 0 Å². The molecule has 0 saturated carbocycles. The van der Waals surface area contributed by atoms with E-state index in [0.717, 1.165) is 50.8 Å². The number of hydrogen-bond donors (Lipinski definition) is 0. The van der Waals surface area contributed by atoms with Crippen molar-refractivity contribution in [1.29, 1.82) is 0 Å². The van der Waals surface area contributed by atoms with Gasteiger partial charge in [0.2, 0.25) is 0 Å². The molecule has 0 N–H and O–H groups in total. The van der Waals surface area contributed by atoms with Gasteiger partial charge in [-0.2, -0.15) is 0 Å². The van der Waals surface area contributed by atoms with Crippen LogP contribution in [0.25, 0.3) is 49.7 Å². The van der Waals surface area contributed by atoms with Crippen LogP contribution in [0.15, 0.2) is 224 Å². The summed E-state index contributed by atoms with van der Waals surface area (Å²) in [4.78, 5) is 4.86. The van der Waals surface area contributed by atoms with E-state index in [4.69, 9.17) is 0 Å². The van der Waals surface area contributed by atoms with Crippen molar-refractivity contribution in [2.45, 2.75) is 19.3 Å². The lowest BCUT2D eigenvalue weighted by Gasteiger charge is -2.31. The highest BCUT2D eigenvalue weighted by Crippen LogP contribution is 2.52. The van der Waals surface area contributed by atoms with Crippen LogP contribution in [0.3, 0.4) is 0 Å². The van der Waals surface area contributed by atoms with E-state index in [9.17, 15) is 0 Å². The average molecular weight is 770 g/mol. The fraction of sp³-hybridized carbons (Fsp3) is 0.0526. The molecule has 3 heteroatoms. The number of hydrogen-bond acceptors (Lipinski definition) is 2. The van der Waals surface area contributed by atoms with E-state index < -0.39 is 0 Å². The van der Waals surface area contributed by atoms with E-state index in [-0.39, 0.29) is 5.41 Å². The van der Waals surface area contributed by atoms with Gasteiger partial charge < -0.3 is 14.4 Å². The van der Waals surface area contributed by atoms with Crippen molar-refractivity contribution in [1.82, 2.24) is 4.57 Å². The molecule has 0 aliphatic heterocycles. The molecule has 1 heterocycles. The van der Waals surface area contributed by atoms with Crippen LogP contribution in [0.4, 0.5) is 34.1 Å². The Morgan fingerprint density at radius 1 is 0.367 bits per heavy atom. The molecular formula is C57H43N3. The highest BCUT2D eigenvalue weighted by atomic mass is 15.2. The van der Waals surface area contributed by atoms with Crippen molar-refractivity contribution in [3.8, 4) is 27.9 Å². The lowest BCUT2D eigenvalue weighted by atomic mass is 9.82. The van der Waals surface area contributed by atoms with Crippen LogP contribution in [-0.2, 0) is 5.41 Å². The first-order chi connectivity index (χ1) is 29.5. The first-order valence-electron chi connectivity index (χ1n) is 20.8. The highest BCUT2D eigenvalue weighted by Gasteiger charge is 2.36. The summed E-state index contributed by atoms with van der Waals surface area (Å²) in [5, 5.41) is 2.39. The molecule has 1 aromatic heterocycles. The highest BCUT2D eigenvalue weighted by molar-refractivity contribution is 6.18. The zero-order valence-electron chi connectivity index (χ0n) is 33.7. The quantitative estimate of drug-likeness (QED) is 0.152. The summed E-state index contributed by atoms with van der Waals surface area (Å²) in [6.07, 6.45) is 0. The Morgan fingerprint density at radius 2 is 0.900 bits per heavy atom. The number of benzene rings is 9. The number of nitrogens with zero attached hydrogens (tertiary/aromatic N) is 3. The van der Waals surface area contributed by atoms with E-state index in [1.165, 1.54) is 44.2 Å². The lowest BCUT2D eigenvalue weighted by Crippen LogP contribution is -2.17. The van der Waals surface area contributed by atoms with Gasteiger partial charge in [0.25, 0.3) is 0 Å². The Hall–Kier alpha value is -7.62. The van der Waals surface area contributed by atoms with Crippen LogP contribution >= 0.6 is 0 Å². The van der Waals surface area contributed by atoms with Gasteiger partial charge in [0.1, 0.15) is 0 Å². The van der Waals surface area contributed by atoms with E-state index >= 15 is 0 Å². The molecule has 0 amide bonds. The summed E-state index contributed by atoms with van der Waals surface area (Å²) in [6.45, 7) is 4.73. The van der Waals surface area contributed by atoms with Gasteiger partial charge in [-0.3, -0.25) is 0 Å². The third-order valence-corrected chi connectivity index (χ3v) is 12.3. The normalized spacial score (nSPS) is 12.6. The predicted molar refractivity (Wildman–Crippen MR) is 253 cm³/mol. The summed E-state index contributed by atoms with van der Waals surface area (Å²) < 4.78 is 2.45. The maximum absolute atomic E-state index is 2.48. The molecule has 0 bridgehead atoms. The van der Waals surface area contributed by atoms with Gasteiger partial charge in [-0.25, -0.2) is 0 Å². The zero-order chi connectivity index (χ0) is 40.2. The van der Waals surface area contributed by atoms with Crippen molar-refractivity contribution < 1.29 is 0 Å². The maximum atomic E-state index is 2.48. The van der Waals surface area contributed by atoms with Crippen molar-refractivity contribution in [2.24, 2.45) is 0 Å². The van der Waals surface area contributed by atoms with Gasteiger partial charge in [-0.1, -0.05) is 159 Å². The summed E-state index contributed by atoms with van der Waals surface area (Å²) >= 11 is 0. The van der Waals surface area contributed by atoms with Crippen LogP contribution in [0.1, 0.15) is 25.0 Å². The van der Waals surface area contributed by atoms with Crippen molar-refractivity contribution in [2.75, 3.05) is 9.80 Å². The standard InChI is InChI=1S/C57H43N3/c1-57(2)51-29-17-15-27-48(51)49-36-35-46(37-52(49)57)59(44-25-13-6-14-26-44)54-38-47(58(42-21-9-4-10-22-42)43-23-11-5-12-24-43)39-55-56(54)50-28-16-18-30-53(50)60(55)45-33-31-41(32-34-45)40-19-7-3-8-20-40/h3-39H,1-2H3. The molecule has 1 aliphatic carbocycles. The molecule has 60 heavy (non-hydrogen) atoms. The second kappa shape index (κ2) is 14.3. The van der Waals surface area contributed by atoms with Crippen molar-refractivity contribution in [3.05, 3.63) is 236 Å². The predicted octanol–water partition coefficient (Wildman–Crippen LogP) is 15.7. The number of aromatic nitrogens is 1. The molecule has 0 spiro atoms. The Bertz CT molecular complexity index is 3110. The van der Waals surface area contributed by atoms with Crippen molar-refractivity contribution >= 4 is 55.9 Å². The van der Waals surface area contributed by atoms with Gasteiger partial charge in [0.05, 0.1) is 22.4 Å². The molecule has 0 atom stereocenters. The lowest BCUT2D eigenvalue weighted by molar-refractivity contribution is 0.660. The van der Waals surface area contributed by atoms with Gasteiger partial charge in [0.15, 0.2) is 0 Å². The molecule has 286 valence electrons. The molecule has 9 aromatic carbocycles. The van der Waals surface area contributed by atoms with E-state index in [2.05, 4.69) is 253 Å². The third-order valence-electron chi connectivity index (χ3n) is 12.3. The minimum atomic E-state index is -0.152. The summed E-state index contributed by atoms with van der Waals surface area (Å²) in [5.74, 6) is 0. The van der Waals surface area contributed by atoms with Gasteiger partial charge >= 0.3 is 0 Å². The first kappa shape index (κ1) is 35.5. The monoisotopic (exact) mass is 769 g/mol. The maximum Gasteiger partial charge on any atom is 0.0583 e. The van der Waals surface area contributed by atoms with Crippen LogP contribution < -0.4 is 9.80 Å². The molecule has 3 nitrogen and oxygen atoms in total. The first-order valence-corrected chi connectivity index (χ1v) is 20.8. The summed E-state index contributed by atoms with van der Waals surface area (Å²) in [6, 6.07) is 81.6. The Kier molecular flexibility index (Phi) is 8.49. The molecule has 0 unspecified atom stereocenters. The zero-order valence-corrected chi connectivity index (χ0v) is 33.7. The molecule has 10 aromatic rings. The average Bonchev–Trinajstić information content (AvgIpc) is 3.76. The number of rotatable bonds is 8. The third kappa shape index (κ3) is 5.81. The molecule has 11 rings (SSSR count). The van der Waals surface area contributed by atoms with Crippen LogP contribution in [0, 0.1) is 0 Å². The second-order valence-electron chi connectivity index (χ2n) is 16.2. The van der Waals surface area contributed by atoms with E-state index in [0.29, 0.717) is 0 Å². The fourth-order valence-corrected chi connectivity index (χ4v) is 9.51. The molecule has 0 radical (unpaired) electrons. The van der Waals surface area contributed by atoms with E-state index in [1.807, 2.05) is 0 Å². The summed E-state index contributed by atoms with van der Waals surface area (Å²) in [7, 11) is 0. The minimum absolute atomic E-state index is 0.152. The molecular weight excluding hydrogens is 727 g/mol. The Morgan fingerprint density at radius 3 is 1.57 bits per heavy atom. The number of para-hydroxylation sites is 4. The number of fused-ring (bicyclic) bond motifs is 6. The molecule has 0 fully saturated rings. The summed E-state index contributed by atoms with van der Waals surface area (Å²) in [5.41, 5.74) is 17.5. The topological polar surface area (TPSA) is 11.4 Å². The minimum Gasteiger partial charge on any atom is -0.310 e. The molecule has 0 saturated heterocycles. The van der Waals surface area contributed by atoms with Crippen LogP contribution in [-0.4, -0.2) is 4.57 Å². The van der Waals surface area contributed by atoms with Gasteiger partial charge in [-0.05, 0) is 112 Å². The second-order valence-corrected chi connectivity index (χ2v) is 16.2. The van der Waals surface area contributed by atoms with Gasteiger partial charge in [-0.15, -0.1) is 0 Å². The smallest absolute Gasteiger partial charge is 0.0583 e. The largest absolute Gasteiger partial charge is 0.310 e. The van der Waals surface area contributed by atoms with Crippen LogP contribution in [0.5, 0.6) is 0 Å². The number of anilines is 6.